The van der Waals surface area contributed by atoms with E-state index in [9.17, 15) is 4.79 Å². The van der Waals surface area contributed by atoms with Crippen LogP contribution in [0.1, 0.15) is 5.56 Å². The van der Waals surface area contributed by atoms with Crippen molar-refractivity contribution in [3.05, 3.63) is 65.2 Å². The summed E-state index contributed by atoms with van der Waals surface area (Å²) < 4.78 is 10.5. The summed E-state index contributed by atoms with van der Waals surface area (Å²) in [5.74, 6) is 0.405. The van der Waals surface area contributed by atoms with Gasteiger partial charge in [-0.2, -0.15) is 0 Å². The Balaban J connectivity index is 1.67. The van der Waals surface area contributed by atoms with E-state index in [0.717, 1.165) is 5.56 Å². The minimum absolute atomic E-state index is 0.220. The van der Waals surface area contributed by atoms with Crippen LogP contribution >= 0.6 is 11.6 Å². The number of hydrogen-bond acceptors (Lipinski definition) is 3. The molecule has 0 saturated carbocycles. The first-order valence-electron chi connectivity index (χ1n) is 6.32. The largest absolute Gasteiger partial charge is 0.490 e. The summed E-state index contributed by atoms with van der Waals surface area (Å²) in [6.45, 7) is 0.527. The third-order valence-corrected chi connectivity index (χ3v) is 2.84. The lowest BCUT2D eigenvalue weighted by Crippen LogP contribution is -2.13. The van der Waals surface area contributed by atoms with E-state index in [-0.39, 0.29) is 19.0 Å². The average Bonchev–Trinajstić information content (AvgIpc) is 2.45. The molecule has 2 aromatic rings. The highest BCUT2D eigenvalue weighted by atomic mass is 35.5. The van der Waals surface area contributed by atoms with E-state index in [1.807, 2.05) is 30.3 Å². The number of esters is 1. The number of carbonyl (C=O) groups is 1. The maximum atomic E-state index is 11.6. The van der Waals surface area contributed by atoms with Crippen molar-refractivity contribution in [2.24, 2.45) is 0 Å². The van der Waals surface area contributed by atoms with Crippen LogP contribution in [0.5, 0.6) is 5.75 Å². The van der Waals surface area contributed by atoms with E-state index in [1.165, 1.54) is 0 Å². The van der Waals surface area contributed by atoms with E-state index in [0.29, 0.717) is 17.4 Å². The fraction of sp³-hybridized carbons (Fsp3) is 0.188. The molecular weight excluding hydrogens is 276 g/mol. The number of carbonyl (C=O) groups excluding carboxylic acids is 1. The zero-order chi connectivity index (χ0) is 14.2. The zero-order valence-electron chi connectivity index (χ0n) is 10.9. The highest BCUT2D eigenvalue weighted by Gasteiger charge is 2.04. The molecule has 0 bridgehead atoms. The summed E-state index contributed by atoms with van der Waals surface area (Å²) in [7, 11) is 0. The van der Waals surface area contributed by atoms with E-state index in [1.54, 1.807) is 24.3 Å². The second kappa shape index (κ2) is 7.56. The van der Waals surface area contributed by atoms with Crippen LogP contribution in [-0.2, 0) is 16.0 Å². The van der Waals surface area contributed by atoms with Crippen LogP contribution in [0, 0.1) is 0 Å². The van der Waals surface area contributed by atoms with Crippen LogP contribution in [0.25, 0.3) is 0 Å². The third kappa shape index (κ3) is 4.94. The SMILES string of the molecule is O=C(Cc1ccccc1)OCCOc1cccc(Cl)c1. The van der Waals surface area contributed by atoms with Crippen LogP contribution in [-0.4, -0.2) is 19.2 Å². The zero-order valence-corrected chi connectivity index (χ0v) is 11.7. The minimum Gasteiger partial charge on any atom is -0.490 e. The number of hydrogen-bond donors (Lipinski definition) is 0. The topological polar surface area (TPSA) is 35.5 Å². The first-order chi connectivity index (χ1) is 9.74. The molecule has 2 aromatic carbocycles. The van der Waals surface area contributed by atoms with Gasteiger partial charge in [-0.15, -0.1) is 0 Å². The van der Waals surface area contributed by atoms with Gasteiger partial charge in [-0.3, -0.25) is 4.79 Å². The van der Waals surface area contributed by atoms with Gasteiger partial charge >= 0.3 is 5.97 Å². The molecule has 104 valence electrons. The molecule has 0 aromatic heterocycles. The maximum absolute atomic E-state index is 11.6. The average molecular weight is 291 g/mol. The summed E-state index contributed by atoms with van der Waals surface area (Å²) in [5.41, 5.74) is 0.938. The van der Waals surface area contributed by atoms with E-state index in [2.05, 4.69) is 0 Å². The van der Waals surface area contributed by atoms with E-state index in [4.69, 9.17) is 21.1 Å². The predicted molar refractivity (Wildman–Crippen MR) is 78.1 cm³/mol. The molecule has 0 aliphatic carbocycles. The molecule has 4 heteroatoms. The highest BCUT2D eigenvalue weighted by molar-refractivity contribution is 6.30. The first-order valence-corrected chi connectivity index (χ1v) is 6.70. The Morgan fingerprint density at radius 2 is 1.80 bits per heavy atom. The Hall–Kier alpha value is -2.00. The van der Waals surface area contributed by atoms with Crippen molar-refractivity contribution in [3.63, 3.8) is 0 Å². The number of halogens is 1. The second-order valence-corrected chi connectivity index (χ2v) is 4.63. The smallest absolute Gasteiger partial charge is 0.310 e. The Morgan fingerprint density at radius 1 is 1.00 bits per heavy atom. The van der Waals surface area contributed by atoms with Crippen LogP contribution in [0.3, 0.4) is 0 Å². The van der Waals surface area contributed by atoms with Crippen molar-refractivity contribution in [3.8, 4) is 5.75 Å². The van der Waals surface area contributed by atoms with Gasteiger partial charge in [0.1, 0.15) is 19.0 Å². The maximum Gasteiger partial charge on any atom is 0.310 e. The molecule has 0 amide bonds. The minimum atomic E-state index is -0.258. The molecule has 0 aliphatic rings. The van der Waals surface area contributed by atoms with Crippen LogP contribution in [0.15, 0.2) is 54.6 Å². The van der Waals surface area contributed by atoms with E-state index < -0.39 is 0 Å². The van der Waals surface area contributed by atoms with Gasteiger partial charge in [0, 0.05) is 5.02 Å². The molecule has 0 N–H and O–H groups in total. The van der Waals surface area contributed by atoms with Gasteiger partial charge in [-0.05, 0) is 23.8 Å². The molecule has 0 saturated heterocycles. The van der Waals surface area contributed by atoms with Crippen molar-refractivity contribution in [1.29, 1.82) is 0 Å². The fourth-order valence-corrected chi connectivity index (χ4v) is 1.87. The van der Waals surface area contributed by atoms with Crippen LogP contribution < -0.4 is 4.74 Å². The lowest BCUT2D eigenvalue weighted by molar-refractivity contribution is -0.143. The van der Waals surface area contributed by atoms with Gasteiger partial charge in [-0.1, -0.05) is 48.0 Å². The lowest BCUT2D eigenvalue weighted by atomic mass is 10.2. The fourth-order valence-electron chi connectivity index (χ4n) is 1.69. The first kappa shape index (κ1) is 14.4. The van der Waals surface area contributed by atoms with E-state index >= 15 is 0 Å². The van der Waals surface area contributed by atoms with Crippen molar-refractivity contribution >= 4 is 17.6 Å². The summed E-state index contributed by atoms with van der Waals surface area (Å²) in [5, 5.41) is 0.614. The molecule has 0 heterocycles. The lowest BCUT2D eigenvalue weighted by Gasteiger charge is -2.07. The van der Waals surface area contributed by atoms with Crippen LogP contribution in [0.4, 0.5) is 0 Å². The molecular formula is C16H15ClO3. The summed E-state index contributed by atoms with van der Waals surface area (Å²) in [4.78, 5) is 11.6. The second-order valence-electron chi connectivity index (χ2n) is 4.19. The van der Waals surface area contributed by atoms with Gasteiger partial charge in [0.2, 0.25) is 0 Å². The van der Waals surface area contributed by atoms with Crippen molar-refractivity contribution < 1.29 is 14.3 Å². The Bertz CT molecular complexity index is 555. The number of ether oxygens (including phenoxy) is 2. The Kier molecular flexibility index (Phi) is 5.44. The van der Waals surface area contributed by atoms with Crippen LogP contribution in [0.2, 0.25) is 5.02 Å². The molecule has 2 rings (SSSR count). The van der Waals surface area contributed by atoms with Crippen molar-refractivity contribution in [1.82, 2.24) is 0 Å². The molecule has 0 spiro atoms. The summed E-state index contributed by atoms with van der Waals surface area (Å²) >= 11 is 5.83. The van der Waals surface area contributed by atoms with Gasteiger partial charge < -0.3 is 9.47 Å². The molecule has 3 nitrogen and oxygen atoms in total. The molecule has 20 heavy (non-hydrogen) atoms. The highest BCUT2D eigenvalue weighted by Crippen LogP contribution is 2.16. The molecule has 0 unspecified atom stereocenters. The number of rotatable bonds is 6. The summed E-state index contributed by atoms with van der Waals surface area (Å²) in [6, 6.07) is 16.6. The molecule has 0 atom stereocenters. The summed E-state index contributed by atoms with van der Waals surface area (Å²) in [6.07, 6.45) is 0.276. The number of benzene rings is 2. The molecule has 0 fully saturated rings. The van der Waals surface area contributed by atoms with Crippen molar-refractivity contribution in [2.75, 3.05) is 13.2 Å². The van der Waals surface area contributed by atoms with Gasteiger partial charge in [0.05, 0.1) is 6.42 Å². The van der Waals surface area contributed by atoms with Gasteiger partial charge in [0.25, 0.3) is 0 Å². The monoisotopic (exact) mass is 290 g/mol. The van der Waals surface area contributed by atoms with Gasteiger partial charge in [0.15, 0.2) is 0 Å². The Labute approximate surface area is 123 Å². The predicted octanol–water partition coefficient (Wildman–Crippen LogP) is 3.50. The molecule has 0 radical (unpaired) electrons. The normalized spacial score (nSPS) is 10.1. The third-order valence-electron chi connectivity index (χ3n) is 2.60. The quantitative estimate of drug-likeness (QED) is 0.603. The van der Waals surface area contributed by atoms with Crippen molar-refractivity contribution in [2.45, 2.75) is 6.42 Å². The standard InChI is InChI=1S/C16H15ClO3/c17-14-7-4-8-15(12-14)19-9-10-20-16(18)11-13-5-2-1-3-6-13/h1-8,12H,9-11H2. The Morgan fingerprint density at radius 3 is 2.55 bits per heavy atom. The molecule has 0 aliphatic heterocycles. The van der Waals surface area contributed by atoms with Gasteiger partial charge in [-0.25, -0.2) is 0 Å².